The van der Waals surface area contributed by atoms with Crippen LogP contribution in [0.15, 0.2) is 30.5 Å². The van der Waals surface area contributed by atoms with Gasteiger partial charge in [0.05, 0.1) is 23.1 Å². The summed E-state index contributed by atoms with van der Waals surface area (Å²) < 4.78 is 4.77. The third kappa shape index (κ3) is 3.08. The maximum absolute atomic E-state index is 11.7. The van der Waals surface area contributed by atoms with E-state index in [-0.39, 0.29) is 17.8 Å². The van der Waals surface area contributed by atoms with E-state index in [1.54, 1.807) is 29.3 Å². The summed E-state index contributed by atoms with van der Waals surface area (Å²) in [7, 11) is 1.37. The average Bonchev–Trinajstić information content (AvgIpc) is 2.61. The number of amides is 1. The Morgan fingerprint density at radius 3 is 3.04 bits per heavy atom. The molecule has 24 heavy (non-hydrogen) atoms. The summed E-state index contributed by atoms with van der Waals surface area (Å²) in [6, 6.07) is 6.56. The molecule has 126 valence electrons. The Kier molecular flexibility index (Phi) is 4.45. The first-order valence-corrected chi connectivity index (χ1v) is 7.71. The molecule has 1 saturated heterocycles. The van der Waals surface area contributed by atoms with Crippen molar-refractivity contribution in [2.45, 2.75) is 18.9 Å². The Balaban J connectivity index is 1.87. The van der Waals surface area contributed by atoms with E-state index in [0.29, 0.717) is 24.0 Å². The summed E-state index contributed by atoms with van der Waals surface area (Å²) >= 11 is 0. The largest absolute Gasteiger partial charge is 0.453 e. The van der Waals surface area contributed by atoms with Gasteiger partial charge in [0.2, 0.25) is 0 Å². The summed E-state index contributed by atoms with van der Waals surface area (Å²) in [6.07, 6.45) is 3.04. The van der Waals surface area contributed by atoms with Gasteiger partial charge in [-0.3, -0.25) is 15.1 Å². The zero-order chi connectivity index (χ0) is 17.1. The number of nitro groups is 1. The monoisotopic (exact) mass is 330 g/mol. The van der Waals surface area contributed by atoms with Crippen molar-refractivity contribution in [1.29, 1.82) is 0 Å². The molecule has 3 rings (SSSR count). The minimum atomic E-state index is -0.409. The summed E-state index contributed by atoms with van der Waals surface area (Å²) in [4.78, 5) is 28.4. The Morgan fingerprint density at radius 2 is 2.29 bits per heavy atom. The van der Waals surface area contributed by atoms with Crippen LogP contribution >= 0.6 is 0 Å². The van der Waals surface area contributed by atoms with E-state index >= 15 is 0 Å². The number of piperidine rings is 1. The van der Waals surface area contributed by atoms with Crippen LogP contribution in [-0.4, -0.2) is 47.1 Å². The average molecular weight is 330 g/mol. The van der Waals surface area contributed by atoms with E-state index in [4.69, 9.17) is 4.74 Å². The number of hydrogen-bond donors (Lipinski definition) is 1. The minimum Gasteiger partial charge on any atom is -0.453 e. The SMILES string of the molecule is COC(=O)N1CCCC(Nc2ccc([N+](=O)[O-])c3cccnc23)C1. The van der Waals surface area contributed by atoms with Gasteiger partial charge in [0.15, 0.2) is 0 Å². The molecule has 2 aromatic rings. The van der Waals surface area contributed by atoms with Crippen molar-refractivity contribution >= 4 is 28.4 Å². The lowest BCUT2D eigenvalue weighted by Crippen LogP contribution is -2.45. The van der Waals surface area contributed by atoms with Crippen molar-refractivity contribution in [3.63, 3.8) is 0 Å². The van der Waals surface area contributed by atoms with Gasteiger partial charge in [-0.05, 0) is 31.0 Å². The molecule has 2 heterocycles. The smallest absolute Gasteiger partial charge is 0.409 e. The number of carbonyl (C=O) groups excluding carboxylic acids is 1. The fourth-order valence-electron chi connectivity index (χ4n) is 3.04. The molecule has 1 atom stereocenters. The summed E-state index contributed by atoms with van der Waals surface area (Å²) in [5, 5.41) is 15.0. The molecule has 1 aliphatic rings. The van der Waals surface area contributed by atoms with E-state index in [1.165, 1.54) is 13.2 Å². The van der Waals surface area contributed by atoms with Crippen molar-refractivity contribution in [2.24, 2.45) is 0 Å². The molecule has 1 aliphatic heterocycles. The molecule has 0 radical (unpaired) electrons. The Bertz CT molecular complexity index is 780. The van der Waals surface area contributed by atoms with Crippen LogP contribution in [0, 0.1) is 10.1 Å². The summed E-state index contributed by atoms with van der Waals surface area (Å²) in [5.74, 6) is 0. The molecule has 1 N–H and O–H groups in total. The molecule has 8 heteroatoms. The number of likely N-dealkylation sites (tertiary alicyclic amines) is 1. The first-order valence-electron chi connectivity index (χ1n) is 7.71. The number of benzene rings is 1. The fraction of sp³-hybridized carbons (Fsp3) is 0.375. The quantitative estimate of drug-likeness (QED) is 0.686. The van der Waals surface area contributed by atoms with Gasteiger partial charge in [0, 0.05) is 31.4 Å². The molecule has 1 unspecified atom stereocenters. The minimum absolute atomic E-state index is 0.0310. The topological polar surface area (TPSA) is 97.6 Å². The first kappa shape index (κ1) is 16.0. The number of rotatable bonds is 3. The maximum atomic E-state index is 11.7. The van der Waals surface area contributed by atoms with Crippen LogP contribution in [0.1, 0.15) is 12.8 Å². The lowest BCUT2D eigenvalue weighted by molar-refractivity contribution is -0.383. The molecule has 1 aromatic carbocycles. The molecular weight excluding hydrogens is 312 g/mol. The summed E-state index contributed by atoms with van der Waals surface area (Å²) in [6.45, 7) is 1.20. The number of nitrogens with zero attached hydrogens (tertiary/aromatic N) is 3. The van der Waals surface area contributed by atoms with Crippen LogP contribution in [0.5, 0.6) is 0 Å². The van der Waals surface area contributed by atoms with Crippen LogP contribution in [0.25, 0.3) is 10.9 Å². The highest BCUT2D eigenvalue weighted by molar-refractivity contribution is 5.96. The van der Waals surface area contributed by atoms with E-state index in [2.05, 4.69) is 10.3 Å². The third-order valence-electron chi connectivity index (χ3n) is 4.16. The molecule has 8 nitrogen and oxygen atoms in total. The van der Waals surface area contributed by atoms with Gasteiger partial charge < -0.3 is 15.0 Å². The van der Waals surface area contributed by atoms with Crippen molar-refractivity contribution < 1.29 is 14.5 Å². The van der Waals surface area contributed by atoms with Crippen LogP contribution < -0.4 is 5.32 Å². The fourth-order valence-corrected chi connectivity index (χ4v) is 3.04. The third-order valence-corrected chi connectivity index (χ3v) is 4.16. The molecular formula is C16H18N4O4. The predicted octanol–water partition coefficient (Wildman–Crippen LogP) is 2.79. The van der Waals surface area contributed by atoms with E-state index in [0.717, 1.165) is 18.5 Å². The lowest BCUT2D eigenvalue weighted by Gasteiger charge is -2.32. The van der Waals surface area contributed by atoms with Gasteiger partial charge in [-0.25, -0.2) is 4.79 Å². The number of pyridine rings is 1. The Morgan fingerprint density at radius 1 is 1.46 bits per heavy atom. The van der Waals surface area contributed by atoms with Gasteiger partial charge in [0.25, 0.3) is 5.69 Å². The molecule has 0 bridgehead atoms. The van der Waals surface area contributed by atoms with Gasteiger partial charge in [0.1, 0.15) is 5.52 Å². The number of fused-ring (bicyclic) bond motifs is 1. The highest BCUT2D eigenvalue weighted by Crippen LogP contribution is 2.30. The number of anilines is 1. The van der Waals surface area contributed by atoms with Crippen LogP contribution in [0.3, 0.4) is 0 Å². The van der Waals surface area contributed by atoms with Gasteiger partial charge in [-0.15, -0.1) is 0 Å². The zero-order valence-corrected chi connectivity index (χ0v) is 13.3. The number of aromatic nitrogens is 1. The first-order chi connectivity index (χ1) is 11.6. The number of nitro benzene ring substituents is 1. The van der Waals surface area contributed by atoms with Crippen molar-refractivity contribution in [2.75, 3.05) is 25.5 Å². The highest BCUT2D eigenvalue weighted by atomic mass is 16.6. The Hall–Kier alpha value is -2.90. The number of methoxy groups -OCH3 is 1. The molecule has 0 spiro atoms. The number of hydrogen-bond acceptors (Lipinski definition) is 6. The highest BCUT2D eigenvalue weighted by Gasteiger charge is 2.25. The van der Waals surface area contributed by atoms with Crippen molar-refractivity contribution in [3.8, 4) is 0 Å². The normalized spacial score (nSPS) is 17.5. The van der Waals surface area contributed by atoms with Gasteiger partial charge >= 0.3 is 6.09 Å². The second kappa shape index (κ2) is 6.69. The van der Waals surface area contributed by atoms with E-state index < -0.39 is 4.92 Å². The molecule has 1 aromatic heterocycles. The van der Waals surface area contributed by atoms with Gasteiger partial charge in [-0.1, -0.05) is 0 Å². The lowest BCUT2D eigenvalue weighted by atomic mass is 10.0. The van der Waals surface area contributed by atoms with Crippen molar-refractivity contribution in [3.05, 3.63) is 40.6 Å². The molecule has 1 fully saturated rings. The molecule has 1 amide bonds. The molecule has 0 saturated carbocycles. The van der Waals surface area contributed by atoms with Crippen LogP contribution in [-0.2, 0) is 4.74 Å². The van der Waals surface area contributed by atoms with E-state index in [1.807, 2.05) is 0 Å². The standard InChI is InChI=1S/C16H18N4O4/c1-24-16(21)19-9-3-4-11(10-19)18-13-6-7-14(20(22)23)12-5-2-8-17-15(12)13/h2,5-8,11,18H,3-4,9-10H2,1H3. The van der Waals surface area contributed by atoms with Crippen LogP contribution in [0.4, 0.5) is 16.2 Å². The maximum Gasteiger partial charge on any atom is 0.409 e. The summed E-state index contributed by atoms with van der Waals surface area (Å²) in [5.41, 5.74) is 1.32. The second-order valence-corrected chi connectivity index (χ2v) is 5.69. The van der Waals surface area contributed by atoms with E-state index in [9.17, 15) is 14.9 Å². The Labute approximate surface area is 138 Å². The predicted molar refractivity (Wildman–Crippen MR) is 89.0 cm³/mol. The van der Waals surface area contributed by atoms with Crippen molar-refractivity contribution in [1.82, 2.24) is 9.88 Å². The number of ether oxygens (including phenoxy) is 1. The van der Waals surface area contributed by atoms with Gasteiger partial charge in [-0.2, -0.15) is 0 Å². The van der Waals surface area contributed by atoms with Crippen LogP contribution in [0.2, 0.25) is 0 Å². The molecule has 0 aliphatic carbocycles. The number of carbonyl (C=O) groups is 1. The number of nitrogens with one attached hydrogen (secondary N) is 1. The number of non-ortho nitro benzene ring substituents is 1. The zero-order valence-electron chi connectivity index (χ0n) is 13.3. The second-order valence-electron chi connectivity index (χ2n) is 5.69.